The van der Waals surface area contributed by atoms with Crippen LogP contribution in [0.1, 0.15) is 86.0 Å². The van der Waals surface area contributed by atoms with Crippen LogP contribution in [-0.4, -0.2) is 99.0 Å². The molecule has 42 heavy (non-hydrogen) atoms. The van der Waals surface area contributed by atoms with Crippen molar-refractivity contribution in [1.29, 1.82) is 0 Å². The monoisotopic (exact) mass is 594 g/mol. The van der Waals surface area contributed by atoms with E-state index in [1.165, 1.54) is 0 Å². The van der Waals surface area contributed by atoms with E-state index in [1.807, 2.05) is 0 Å². The minimum absolute atomic E-state index is 0.00866. The summed E-state index contributed by atoms with van der Waals surface area (Å²) in [7, 11) is 0. The summed E-state index contributed by atoms with van der Waals surface area (Å²) in [5.74, 6) is 1.19. The number of rotatable bonds is 3. The summed E-state index contributed by atoms with van der Waals surface area (Å²) in [6.45, 7) is 11.9. The van der Waals surface area contributed by atoms with Crippen molar-refractivity contribution >= 4 is 0 Å². The van der Waals surface area contributed by atoms with Gasteiger partial charge in [-0.1, -0.05) is 34.6 Å². The standard InChI is InChI=1S/C33H54O9/c1-29(2)21(36)8-9-30(3)20-7-6-16-22-26-17(35)12-33(22,15-40-26)11-10-31(16,4)32(20,5)13-18(27(29)30)41-28-25(39)24(38)23(37)19(14-34)42-28/h16-28,34-39H,6-15H2,1-5H3/t16-,17-,18+,19-,20-,21+,22+,23-,24+,25-,26?,27+,28-,30-,31-,32-,33+/m1/s1. The van der Waals surface area contributed by atoms with Gasteiger partial charge in [0.25, 0.3) is 0 Å². The second kappa shape index (κ2) is 9.58. The third-order valence-corrected chi connectivity index (χ3v) is 15.1. The molecule has 240 valence electrons. The first kappa shape index (κ1) is 30.3. The first-order valence-electron chi connectivity index (χ1n) is 16.6. The normalized spacial score (nSPS) is 61.6. The lowest BCUT2D eigenvalue weighted by Crippen LogP contribution is -2.70. The van der Waals surface area contributed by atoms with Gasteiger partial charge in [0.2, 0.25) is 0 Å². The van der Waals surface area contributed by atoms with E-state index in [4.69, 9.17) is 14.2 Å². The van der Waals surface area contributed by atoms with Gasteiger partial charge in [-0.2, -0.15) is 0 Å². The van der Waals surface area contributed by atoms with Gasteiger partial charge in [0.15, 0.2) is 6.29 Å². The van der Waals surface area contributed by atoms with Crippen molar-refractivity contribution < 1.29 is 44.8 Å². The van der Waals surface area contributed by atoms with Gasteiger partial charge in [-0.25, -0.2) is 0 Å². The molecule has 0 radical (unpaired) electrons. The van der Waals surface area contributed by atoms with Gasteiger partial charge in [-0.15, -0.1) is 0 Å². The van der Waals surface area contributed by atoms with Crippen LogP contribution in [-0.2, 0) is 14.2 Å². The summed E-state index contributed by atoms with van der Waals surface area (Å²) >= 11 is 0. The van der Waals surface area contributed by atoms with Gasteiger partial charge in [0.05, 0.1) is 37.6 Å². The molecule has 0 aromatic carbocycles. The van der Waals surface area contributed by atoms with Crippen LogP contribution in [0.5, 0.6) is 0 Å². The Balaban J connectivity index is 1.28. The topological polar surface area (TPSA) is 149 Å². The molecular formula is C33H54O9. The largest absolute Gasteiger partial charge is 0.394 e. The molecule has 0 amide bonds. The fourth-order valence-corrected chi connectivity index (χ4v) is 13.0. The third kappa shape index (κ3) is 3.69. The molecule has 1 unspecified atom stereocenters. The number of fused-ring (bicyclic) bond motifs is 5. The fraction of sp³-hybridized carbons (Fsp3) is 1.00. The Morgan fingerprint density at radius 1 is 0.810 bits per heavy atom. The summed E-state index contributed by atoms with van der Waals surface area (Å²) < 4.78 is 19.0. The van der Waals surface area contributed by atoms with Gasteiger partial charge < -0.3 is 44.8 Å². The molecule has 0 spiro atoms. The molecule has 17 atom stereocenters. The van der Waals surface area contributed by atoms with Crippen LogP contribution in [0.4, 0.5) is 0 Å². The van der Waals surface area contributed by atoms with Crippen LogP contribution in [0, 0.1) is 50.7 Å². The molecule has 2 aliphatic heterocycles. The molecule has 7 aliphatic rings. The van der Waals surface area contributed by atoms with E-state index in [2.05, 4.69) is 34.6 Å². The van der Waals surface area contributed by atoms with Gasteiger partial charge in [0.1, 0.15) is 24.4 Å². The van der Waals surface area contributed by atoms with Crippen molar-refractivity contribution in [1.82, 2.24) is 0 Å². The smallest absolute Gasteiger partial charge is 0.186 e. The summed E-state index contributed by atoms with van der Waals surface area (Å²) in [5, 5.41) is 64.1. The lowest BCUT2D eigenvalue weighted by molar-refractivity contribution is -0.346. The van der Waals surface area contributed by atoms with E-state index in [1.54, 1.807) is 0 Å². The Hall–Kier alpha value is -0.360. The van der Waals surface area contributed by atoms with Crippen LogP contribution < -0.4 is 0 Å². The number of aliphatic hydroxyl groups is 6. The third-order valence-electron chi connectivity index (χ3n) is 15.1. The van der Waals surface area contributed by atoms with E-state index in [9.17, 15) is 30.6 Å². The Labute approximate surface area is 249 Å². The fourth-order valence-electron chi connectivity index (χ4n) is 13.0. The molecule has 9 nitrogen and oxygen atoms in total. The average molecular weight is 595 g/mol. The highest BCUT2D eigenvalue weighted by molar-refractivity contribution is 5.23. The van der Waals surface area contributed by atoms with Crippen molar-refractivity contribution in [3.05, 3.63) is 0 Å². The second-order valence-corrected chi connectivity index (χ2v) is 16.9. The van der Waals surface area contributed by atoms with Crippen molar-refractivity contribution in [3.63, 3.8) is 0 Å². The molecule has 2 bridgehead atoms. The number of hydrogen-bond acceptors (Lipinski definition) is 9. The molecule has 7 rings (SSSR count). The van der Waals surface area contributed by atoms with Gasteiger partial charge >= 0.3 is 0 Å². The molecule has 0 aromatic heterocycles. The highest BCUT2D eigenvalue weighted by Crippen LogP contribution is 2.78. The van der Waals surface area contributed by atoms with Crippen molar-refractivity contribution in [3.8, 4) is 0 Å². The Kier molecular flexibility index (Phi) is 6.91. The molecule has 2 heterocycles. The van der Waals surface area contributed by atoms with E-state index in [-0.39, 0.29) is 45.9 Å². The Morgan fingerprint density at radius 3 is 2.24 bits per heavy atom. The second-order valence-electron chi connectivity index (χ2n) is 16.9. The van der Waals surface area contributed by atoms with E-state index < -0.39 is 48.8 Å². The quantitative estimate of drug-likeness (QED) is 0.270. The van der Waals surface area contributed by atoms with Crippen LogP contribution in [0.15, 0.2) is 0 Å². The molecule has 7 fully saturated rings. The molecule has 5 saturated carbocycles. The van der Waals surface area contributed by atoms with Crippen molar-refractivity contribution in [2.45, 2.75) is 141 Å². The first-order chi connectivity index (χ1) is 19.6. The lowest BCUT2D eigenvalue weighted by atomic mass is 9.32. The number of hydrogen-bond donors (Lipinski definition) is 6. The van der Waals surface area contributed by atoms with E-state index >= 15 is 0 Å². The predicted octanol–water partition coefficient (Wildman–Crippen LogP) is 1.98. The maximum absolute atomic E-state index is 11.3. The molecule has 9 heteroatoms. The Morgan fingerprint density at radius 2 is 1.55 bits per heavy atom. The zero-order valence-electron chi connectivity index (χ0n) is 26.0. The Bertz CT molecular complexity index is 1070. The van der Waals surface area contributed by atoms with E-state index in [0.717, 1.165) is 58.0 Å². The van der Waals surface area contributed by atoms with Crippen molar-refractivity contribution in [2.24, 2.45) is 50.7 Å². The summed E-state index contributed by atoms with van der Waals surface area (Å²) in [6, 6.07) is 0. The van der Waals surface area contributed by atoms with Crippen LogP contribution in [0.2, 0.25) is 0 Å². The van der Waals surface area contributed by atoms with Gasteiger partial charge in [0, 0.05) is 5.41 Å². The number of aliphatic hydroxyl groups excluding tert-OH is 6. The van der Waals surface area contributed by atoms with E-state index in [0.29, 0.717) is 17.8 Å². The highest BCUT2D eigenvalue weighted by atomic mass is 16.7. The minimum Gasteiger partial charge on any atom is -0.394 e. The summed E-state index contributed by atoms with van der Waals surface area (Å²) in [6.07, 6.45) is -0.435. The van der Waals surface area contributed by atoms with Gasteiger partial charge in [-0.05, 0) is 96.7 Å². The molecule has 6 N–H and O–H groups in total. The maximum atomic E-state index is 11.3. The minimum atomic E-state index is -1.50. The van der Waals surface area contributed by atoms with Crippen LogP contribution >= 0.6 is 0 Å². The molecule has 0 aromatic rings. The molecule has 2 saturated heterocycles. The molecule has 5 aliphatic carbocycles. The number of ether oxygens (including phenoxy) is 3. The molecular weight excluding hydrogens is 540 g/mol. The van der Waals surface area contributed by atoms with Crippen molar-refractivity contribution in [2.75, 3.05) is 13.2 Å². The first-order valence-corrected chi connectivity index (χ1v) is 16.6. The highest BCUT2D eigenvalue weighted by Gasteiger charge is 2.75. The summed E-state index contributed by atoms with van der Waals surface area (Å²) in [5.41, 5.74) is -0.633. The zero-order chi connectivity index (χ0) is 30.2. The zero-order valence-corrected chi connectivity index (χ0v) is 26.0. The predicted molar refractivity (Wildman–Crippen MR) is 152 cm³/mol. The van der Waals surface area contributed by atoms with Crippen LogP contribution in [0.25, 0.3) is 0 Å². The lowest BCUT2D eigenvalue weighted by Gasteiger charge is -2.73. The summed E-state index contributed by atoms with van der Waals surface area (Å²) in [4.78, 5) is 0. The van der Waals surface area contributed by atoms with Crippen LogP contribution in [0.3, 0.4) is 0 Å². The average Bonchev–Trinajstić information content (AvgIpc) is 3.44. The van der Waals surface area contributed by atoms with Gasteiger partial charge in [-0.3, -0.25) is 0 Å². The maximum Gasteiger partial charge on any atom is 0.186 e. The SMILES string of the molecule is CC1(C)[C@@H](O)CC[C@]2(C)[C@H]3CC[C@@H]4[C@H]5C6OC[C@]5(CC[C@@]4(C)[C@]3(C)C[C@H](O[C@@H]3O[C@H](CO)[C@@H](O)[C@H](O)[C@H]3O)[C@@H]12)C[C@H]6O.